The van der Waals surface area contributed by atoms with Gasteiger partial charge < -0.3 is 9.57 Å². The third-order valence-electron chi connectivity index (χ3n) is 2.60. The van der Waals surface area contributed by atoms with E-state index in [4.69, 9.17) is 9.57 Å². The smallest absolute Gasteiger partial charge is 0.125 e. The first-order chi connectivity index (χ1) is 7.26. The summed E-state index contributed by atoms with van der Waals surface area (Å²) in [5.74, 6) is 0.481. The zero-order valence-electron chi connectivity index (χ0n) is 8.79. The molecule has 0 aromatic heterocycles. The number of hydrogen-bond acceptors (Lipinski definition) is 3. The molecule has 0 saturated carbocycles. The number of hydrogen-bond donors (Lipinski definition) is 1. The van der Waals surface area contributed by atoms with Crippen molar-refractivity contribution in [2.45, 2.75) is 25.5 Å². The van der Waals surface area contributed by atoms with Crippen LogP contribution in [-0.2, 0) is 4.84 Å². The van der Waals surface area contributed by atoms with Crippen molar-refractivity contribution in [3.05, 3.63) is 29.6 Å². The summed E-state index contributed by atoms with van der Waals surface area (Å²) in [6, 6.07) is 4.46. The fourth-order valence-electron chi connectivity index (χ4n) is 1.89. The standard InChI is InChI=1S/C11H14FNO2/c1-3-9-11(13-14-2)8-6-7(12)4-5-10(8)15-9/h4-6,9,11,13H,3H2,1-2H3. The Morgan fingerprint density at radius 2 is 2.33 bits per heavy atom. The maximum Gasteiger partial charge on any atom is 0.125 e. The van der Waals surface area contributed by atoms with Crippen LogP contribution in [0.4, 0.5) is 4.39 Å². The van der Waals surface area contributed by atoms with E-state index in [-0.39, 0.29) is 18.0 Å². The van der Waals surface area contributed by atoms with Gasteiger partial charge in [0, 0.05) is 5.56 Å². The molecule has 0 bridgehead atoms. The van der Waals surface area contributed by atoms with Crippen LogP contribution in [0.2, 0.25) is 0 Å². The van der Waals surface area contributed by atoms with Gasteiger partial charge in [-0.15, -0.1) is 0 Å². The molecule has 2 rings (SSSR count). The monoisotopic (exact) mass is 211 g/mol. The van der Waals surface area contributed by atoms with Gasteiger partial charge in [-0.3, -0.25) is 0 Å². The molecule has 1 aromatic rings. The minimum absolute atomic E-state index is 0.00162. The Hall–Kier alpha value is -1.13. The number of ether oxygens (including phenoxy) is 1. The van der Waals surface area contributed by atoms with Crippen molar-refractivity contribution in [3.63, 3.8) is 0 Å². The Morgan fingerprint density at radius 3 is 3.00 bits per heavy atom. The molecule has 0 aliphatic carbocycles. The first-order valence-electron chi connectivity index (χ1n) is 5.01. The molecule has 0 radical (unpaired) electrons. The molecule has 1 heterocycles. The van der Waals surface area contributed by atoms with E-state index in [1.807, 2.05) is 6.92 Å². The second-order valence-electron chi connectivity index (χ2n) is 3.55. The van der Waals surface area contributed by atoms with Crippen LogP contribution in [0.1, 0.15) is 24.9 Å². The molecule has 1 aliphatic rings. The van der Waals surface area contributed by atoms with Crippen LogP contribution < -0.4 is 10.2 Å². The highest BCUT2D eigenvalue weighted by Crippen LogP contribution is 2.38. The van der Waals surface area contributed by atoms with E-state index in [0.717, 1.165) is 17.7 Å². The zero-order chi connectivity index (χ0) is 10.8. The van der Waals surface area contributed by atoms with Gasteiger partial charge >= 0.3 is 0 Å². The summed E-state index contributed by atoms with van der Waals surface area (Å²) >= 11 is 0. The van der Waals surface area contributed by atoms with Crippen molar-refractivity contribution >= 4 is 0 Å². The topological polar surface area (TPSA) is 30.5 Å². The van der Waals surface area contributed by atoms with Crippen molar-refractivity contribution in [2.24, 2.45) is 0 Å². The number of hydroxylamine groups is 1. The maximum absolute atomic E-state index is 13.1. The average molecular weight is 211 g/mol. The highest BCUT2D eigenvalue weighted by Gasteiger charge is 2.33. The van der Waals surface area contributed by atoms with Gasteiger partial charge in [0.25, 0.3) is 0 Å². The SMILES string of the molecule is CCC1Oc2ccc(F)cc2C1NOC. The Bertz CT molecular complexity index is 356. The molecule has 0 spiro atoms. The predicted molar refractivity (Wildman–Crippen MR) is 54.0 cm³/mol. The van der Waals surface area contributed by atoms with Gasteiger partial charge in [0.15, 0.2) is 0 Å². The third-order valence-corrected chi connectivity index (χ3v) is 2.60. The highest BCUT2D eigenvalue weighted by atomic mass is 19.1. The number of fused-ring (bicyclic) bond motifs is 1. The van der Waals surface area contributed by atoms with Crippen LogP contribution in [0.5, 0.6) is 5.75 Å². The number of halogens is 1. The molecule has 0 amide bonds. The largest absolute Gasteiger partial charge is 0.488 e. The van der Waals surface area contributed by atoms with Crippen LogP contribution >= 0.6 is 0 Å². The lowest BCUT2D eigenvalue weighted by Gasteiger charge is -2.17. The summed E-state index contributed by atoms with van der Waals surface area (Å²) in [5, 5.41) is 0. The molecular formula is C11H14FNO2. The van der Waals surface area contributed by atoms with Crippen molar-refractivity contribution < 1.29 is 14.0 Å². The predicted octanol–water partition coefficient (Wildman–Crippen LogP) is 2.19. The Labute approximate surface area is 88.1 Å². The zero-order valence-corrected chi connectivity index (χ0v) is 8.79. The van der Waals surface area contributed by atoms with Gasteiger partial charge in [0.2, 0.25) is 0 Å². The summed E-state index contributed by atoms with van der Waals surface area (Å²) in [4.78, 5) is 4.90. The quantitative estimate of drug-likeness (QED) is 0.777. The van der Waals surface area contributed by atoms with Gasteiger partial charge in [-0.25, -0.2) is 4.39 Å². The molecule has 1 aliphatic heterocycles. The molecule has 3 nitrogen and oxygen atoms in total. The first kappa shape index (κ1) is 10.4. The van der Waals surface area contributed by atoms with Crippen LogP contribution in [0, 0.1) is 5.82 Å². The lowest BCUT2D eigenvalue weighted by atomic mass is 10.0. The fourth-order valence-corrected chi connectivity index (χ4v) is 1.89. The third kappa shape index (κ3) is 1.82. The number of nitrogens with one attached hydrogen (secondary N) is 1. The maximum atomic E-state index is 13.1. The molecule has 2 atom stereocenters. The highest BCUT2D eigenvalue weighted by molar-refractivity contribution is 5.40. The van der Waals surface area contributed by atoms with Crippen LogP contribution in [-0.4, -0.2) is 13.2 Å². The fraction of sp³-hybridized carbons (Fsp3) is 0.455. The molecule has 1 N–H and O–H groups in total. The molecule has 1 aromatic carbocycles. The van der Waals surface area contributed by atoms with Gasteiger partial charge in [-0.2, -0.15) is 5.48 Å². The Balaban J connectivity index is 2.32. The molecular weight excluding hydrogens is 197 g/mol. The van der Waals surface area contributed by atoms with E-state index in [1.165, 1.54) is 12.1 Å². The second-order valence-corrected chi connectivity index (χ2v) is 3.55. The first-order valence-corrected chi connectivity index (χ1v) is 5.01. The van der Waals surface area contributed by atoms with Gasteiger partial charge in [-0.05, 0) is 24.6 Å². The van der Waals surface area contributed by atoms with E-state index >= 15 is 0 Å². The van der Waals surface area contributed by atoms with Gasteiger partial charge in [0.1, 0.15) is 17.7 Å². The normalized spacial score (nSPS) is 23.7. The molecule has 0 fully saturated rings. The van der Waals surface area contributed by atoms with Crippen molar-refractivity contribution in [1.29, 1.82) is 0 Å². The van der Waals surface area contributed by atoms with E-state index < -0.39 is 0 Å². The molecule has 82 valence electrons. The van der Waals surface area contributed by atoms with Crippen molar-refractivity contribution in [2.75, 3.05) is 7.11 Å². The Morgan fingerprint density at radius 1 is 1.53 bits per heavy atom. The summed E-state index contributed by atoms with van der Waals surface area (Å²) in [6.07, 6.45) is 0.846. The van der Waals surface area contributed by atoms with E-state index in [2.05, 4.69) is 5.48 Å². The van der Waals surface area contributed by atoms with Crippen LogP contribution in [0.15, 0.2) is 18.2 Å². The van der Waals surface area contributed by atoms with E-state index in [1.54, 1.807) is 13.2 Å². The summed E-state index contributed by atoms with van der Waals surface area (Å²) in [7, 11) is 1.55. The van der Waals surface area contributed by atoms with Gasteiger partial charge in [-0.1, -0.05) is 6.92 Å². The Kier molecular flexibility index (Phi) is 2.88. The lowest BCUT2D eigenvalue weighted by Crippen LogP contribution is -2.29. The van der Waals surface area contributed by atoms with Crippen molar-refractivity contribution in [3.8, 4) is 5.75 Å². The average Bonchev–Trinajstić information content (AvgIpc) is 2.57. The summed E-state index contributed by atoms with van der Waals surface area (Å²) in [6.45, 7) is 2.03. The van der Waals surface area contributed by atoms with Crippen LogP contribution in [0.3, 0.4) is 0 Å². The van der Waals surface area contributed by atoms with E-state index in [0.29, 0.717) is 0 Å². The molecule has 0 saturated heterocycles. The van der Waals surface area contributed by atoms with Crippen LogP contribution in [0.25, 0.3) is 0 Å². The number of rotatable bonds is 3. The molecule has 15 heavy (non-hydrogen) atoms. The molecule has 2 unspecified atom stereocenters. The van der Waals surface area contributed by atoms with E-state index in [9.17, 15) is 4.39 Å². The number of benzene rings is 1. The second kappa shape index (κ2) is 4.16. The minimum atomic E-state index is -0.253. The van der Waals surface area contributed by atoms with Gasteiger partial charge in [0.05, 0.1) is 13.2 Å². The minimum Gasteiger partial charge on any atom is -0.488 e. The lowest BCUT2D eigenvalue weighted by molar-refractivity contribution is 0.0283. The summed E-state index contributed by atoms with van der Waals surface area (Å²) in [5.41, 5.74) is 3.66. The van der Waals surface area contributed by atoms with Crippen molar-refractivity contribution in [1.82, 2.24) is 5.48 Å². The molecule has 4 heteroatoms. The summed E-state index contributed by atoms with van der Waals surface area (Å²) < 4.78 is 18.7.